The zero-order valence-electron chi connectivity index (χ0n) is 28.3. The Bertz CT molecular complexity index is 1570. The Hall–Kier alpha value is -3.29. The maximum absolute atomic E-state index is 12.9. The number of aryl methyl sites for hydroxylation is 1. The van der Waals surface area contributed by atoms with Crippen LogP contribution in [0.2, 0.25) is 5.02 Å². The van der Waals surface area contributed by atoms with E-state index >= 15 is 0 Å². The molecular weight excluding hydrogens is 610 g/mol. The van der Waals surface area contributed by atoms with E-state index in [1.807, 2.05) is 43.6 Å². The second-order valence-electron chi connectivity index (χ2n) is 14.5. The highest BCUT2D eigenvalue weighted by Gasteiger charge is 2.54. The summed E-state index contributed by atoms with van der Waals surface area (Å²) in [5, 5.41) is 17.8. The average Bonchev–Trinajstić information content (AvgIpc) is 3.32. The quantitative estimate of drug-likeness (QED) is 0.181. The normalized spacial score (nSPS) is 26.2. The number of aliphatic carboxylic acids is 1. The van der Waals surface area contributed by atoms with Gasteiger partial charge in [0.15, 0.2) is 0 Å². The fourth-order valence-corrected chi connectivity index (χ4v) is 8.90. The number of likely N-dealkylation sites (N-methyl/N-ethyl adjacent to an activating group) is 1. The summed E-state index contributed by atoms with van der Waals surface area (Å²) in [6, 6.07) is 16.0. The molecular formula is C39H50ClN3O4. The minimum Gasteiger partial charge on any atom is -0.493 e. The number of pyridine rings is 1. The van der Waals surface area contributed by atoms with E-state index in [2.05, 4.69) is 54.6 Å². The zero-order valence-corrected chi connectivity index (χ0v) is 29.0. The Kier molecular flexibility index (Phi) is 10.0. The van der Waals surface area contributed by atoms with Gasteiger partial charge in [-0.15, -0.1) is 0 Å². The number of carboxylic acids is 1. The van der Waals surface area contributed by atoms with Gasteiger partial charge in [0.25, 0.3) is 0 Å². The molecule has 3 aliphatic carbocycles. The van der Waals surface area contributed by atoms with Crippen LogP contribution >= 0.6 is 11.6 Å². The molecule has 0 saturated heterocycles. The number of hydrogen-bond donors (Lipinski definition) is 3. The van der Waals surface area contributed by atoms with E-state index in [-0.39, 0.29) is 11.5 Å². The van der Waals surface area contributed by atoms with Gasteiger partial charge in [0.05, 0.1) is 6.61 Å². The molecule has 2 aromatic carbocycles. The lowest BCUT2D eigenvalue weighted by Crippen LogP contribution is -2.53. The first-order valence-electron chi connectivity index (χ1n) is 17.4. The Morgan fingerprint density at radius 2 is 1.94 bits per heavy atom. The molecule has 3 N–H and O–H groups in total. The van der Waals surface area contributed by atoms with Crippen molar-refractivity contribution >= 4 is 23.3 Å². The van der Waals surface area contributed by atoms with Gasteiger partial charge in [-0.05, 0) is 142 Å². The molecule has 1 unspecified atom stereocenters. The maximum atomic E-state index is 12.9. The van der Waals surface area contributed by atoms with Crippen molar-refractivity contribution in [2.24, 2.45) is 11.8 Å². The molecule has 1 aromatic heterocycles. The predicted octanol–water partition coefficient (Wildman–Crippen LogP) is 8.19. The highest BCUT2D eigenvalue weighted by atomic mass is 35.5. The van der Waals surface area contributed by atoms with Crippen LogP contribution in [-0.2, 0) is 23.1 Å². The Morgan fingerprint density at radius 3 is 2.68 bits per heavy atom. The average molecular weight is 660 g/mol. The topological polar surface area (TPSA) is 92.7 Å². The van der Waals surface area contributed by atoms with Crippen LogP contribution in [0.25, 0.3) is 0 Å². The Balaban J connectivity index is 1.24. The third-order valence-electron chi connectivity index (χ3n) is 11.1. The number of hydrogen-bond acceptors (Lipinski definition) is 6. The van der Waals surface area contributed by atoms with Crippen molar-refractivity contribution in [2.45, 2.75) is 102 Å². The van der Waals surface area contributed by atoms with E-state index in [1.54, 1.807) is 0 Å². The van der Waals surface area contributed by atoms with Gasteiger partial charge in [0, 0.05) is 34.7 Å². The number of nitrogens with one attached hydrogen (secondary N) is 2. The molecule has 1 heterocycles. The van der Waals surface area contributed by atoms with Gasteiger partial charge < -0.3 is 25.2 Å². The smallest absolute Gasteiger partial charge is 0.329 e. The summed E-state index contributed by atoms with van der Waals surface area (Å²) in [6.45, 7) is 8.07. The summed E-state index contributed by atoms with van der Waals surface area (Å²) in [7, 11) is 1.94. The highest BCUT2D eigenvalue weighted by molar-refractivity contribution is 6.30. The standard InChI is InChI=1S/C39H50ClN3O4/c1-25(24-46-35-13-18-42-34-10-5-7-26(2)36(34)35)19-29-20-28-11-12-32(47-27(3)23-41-4)22-33(28)38(29)14-16-39(17-15-38,37(44)45)43-31-9-6-8-30(40)21-31/h6,8-9,11-13,18,21-22,25-27,29,41,43H,5,7,10,14-17,19-20,23-24H2,1-4H3,(H,44,45)/t25-,26-,27?,29+,38?,39?/m1/s1. The molecule has 1 saturated carbocycles. The van der Waals surface area contributed by atoms with E-state index in [0.29, 0.717) is 42.2 Å². The van der Waals surface area contributed by atoms with Crippen molar-refractivity contribution in [1.29, 1.82) is 0 Å². The minimum absolute atomic E-state index is 0.0398. The lowest BCUT2D eigenvalue weighted by Gasteiger charge is -2.47. The molecule has 0 aliphatic heterocycles. The number of benzene rings is 2. The summed E-state index contributed by atoms with van der Waals surface area (Å²) in [6.07, 6.45) is 9.92. The van der Waals surface area contributed by atoms with Gasteiger partial charge >= 0.3 is 5.97 Å². The minimum atomic E-state index is -1.05. The summed E-state index contributed by atoms with van der Waals surface area (Å²) < 4.78 is 12.9. The molecule has 3 aromatic rings. The zero-order chi connectivity index (χ0) is 33.2. The van der Waals surface area contributed by atoms with Crippen LogP contribution in [-0.4, -0.2) is 47.9 Å². The number of nitrogens with zero attached hydrogens (tertiary/aromatic N) is 1. The summed E-state index contributed by atoms with van der Waals surface area (Å²) in [5.41, 5.74) is 4.74. The van der Waals surface area contributed by atoms with Crippen LogP contribution in [0.5, 0.6) is 11.5 Å². The Labute approximate surface area is 284 Å². The van der Waals surface area contributed by atoms with Crippen LogP contribution in [0, 0.1) is 11.8 Å². The number of carboxylic acid groups (broad SMARTS) is 1. The second-order valence-corrected chi connectivity index (χ2v) is 14.9. The van der Waals surface area contributed by atoms with E-state index in [4.69, 9.17) is 21.1 Å². The molecule has 47 heavy (non-hydrogen) atoms. The van der Waals surface area contributed by atoms with E-state index in [1.165, 1.54) is 35.2 Å². The van der Waals surface area contributed by atoms with Crippen molar-refractivity contribution in [3.05, 3.63) is 82.1 Å². The first-order chi connectivity index (χ1) is 22.6. The largest absolute Gasteiger partial charge is 0.493 e. The van der Waals surface area contributed by atoms with Gasteiger partial charge in [-0.2, -0.15) is 0 Å². The van der Waals surface area contributed by atoms with Crippen molar-refractivity contribution in [3.8, 4) is 11.5 Å². The first kappa shape index (κ1) is 33.6. The lowest BCUT2D eigenvalue weighted by molar-refractivity contribution is -0.144. The van der Waals surface area contributed by atoms with E-state index in [9.17, 15) is 9.90 Å². The van der Waals surface area contributed by atoms with Crippen LogP contribution < -0.4 is 20.1 Å². The molecule has 0 radical (unpaired) electrons. The second kappa shape index (κ2) is 14.1. The number of anilines is 1. The van der Waals surface area contributed by atoms with Gasteiger partial charge in [0.2, 0.25) is 0 Å². The molecule has 1 fully saturated rings. The van der Waals surface area contributed by atoms with E-state index < -0.39 is 11.5 Å². The van der Waals surface area contributed by atoms with Crippen molar-refractivity contribution < 1.29 is 19.4 Å². The summed E-state index contributed by atoms with van der Waals surface area (Å²) >= 11 is 6.27. The predicted molar refractivity (Wildman–Crippen MR) is 188 cm³/mol. The Morgan fingerprint density at radius 1 is 1.13 bits per heavy atom. The molecule has 0 amide bonds. The number of rotatable bonds is 12. The highest BCUT2D eigenvalue weighted by Crippen LogP contribution is 2.57. The number of halogens is 1. The van der Waals surface area contributed by atoms with Crippen LogP contribution in [0.1, 0.15) is 94.0 Å². The van der Waals surface area contributed by atoms with Crippen LogP contribution in [0.3, 0.4) is 0 Å². The molecule has 7 nitrogen and oxygen atoms in total. The molecule has 6 rings (SSSR count). The molecule has 3 aliphatic rings. The number of ether oxygens (including phenoxy) is 2. The van der Waals surface area contributed by atoms with Crippen LogP contribution in [0.15, 0.2) is 54.7 Å². The fourth-order valence-electron chi connectivity index (χ4n) is 8.71. The summed E-state index contributed by atoms with van der Waals surface area (Å²) in [5.74, 6) is 2.24. The molecule has 252 valence electrons. The van der Waals surface area contributed by atoms with Gasteiger partial charge in [0.1, 0.15) is 23.1 Å². The monoisotopic (exact) mass is 659 g/mol. The number of aromatic nitrogens is 1. The first-order valence-corrected chi connectivity index (χ1v) is 17.8. The fraction of sp³-hybridized carbons (Fsp3) is 0.538. The SMILES string of the molecule is CNCC(C)Oc1ccc2c(c1)C1(CCC(Nc3cccc(Cl)c3)(C(=O)O)CC1)[C@@H](C[C@@H](C)COc1ccnc3c1[C@H](C)CCC3)C2. The van der Waals surface area contributed by atoms with Crippen molar-refractivity contribution in [3.63, 3.8) is 0 Å². The molecule has 1 spiro atoms. The lowest BCUT2D eigenvalue weighted by atomic mass is 9.59. The maximum Gasteiger partial charge on any atom is 0.329 e. The molecule has 4 atom stereocenters. The summed E-state index contributed by atoms with van der Waals surface area (Å²) in [4.78, 5) is 17.6. The number of fused-ring (bicyclic) bond motifs is 3. The van der Waals surface area contributed by atoms with Crippen molar-refractivity contribution in [1.82, 2.24) is 10.3 Å². The van der Waals surface area contributed by atoms with Gasteiger partial charge in [-0.1, -0.05) is 37.6 Å². The molecule has 8 heteroatoms. The van der Waals surface area contributed by atoms with E-state index in [0.717, 1.165) is 55.8 Å². The van der Waals surface area contributed by atoms with Crippen molar-refractivity contribution in [2.75, 3.05) is 25.5 Å². The van der Waals surface area contributed by atoms with Crippen LogP contribution in [0.4, 0.5) is 5.69 Å². The van der Waals surface area contributed by atoms with Gasteiger partial charge in [-0.3, -0.25) is 4.98 Å². The third-order valence-corrected chi connectivity index (χ3v) is 11.3. The molecule has 0 bridgehead atoms. The third kappa shape index (κ3) is 6.98. The van der Waals surface area contributed by atoms with Gasteiger partial charge in [-0.25, -0.2) is 4.79 Å². The number of carbonyl (C=O) groups is 1.